The first kappa shape index (κ1) is 20.8. The second-order valence-electron chi connectivity index (χ2n) is 7.47. The summed E-state index contributed by atoms with van der Waals surface area (Å²) in [7, 11) is 0. The number of amides is 1. The van der Waals surface area contributed by atoms with Crippen LogP contribution in [0.25, 0.3) is 16.6 Å². The summed E-state index contributed by atoms with van der Waals surface area (Å²) in [5.74, 6) is -0.671. The predicted molar refractivity (Wildman–Crippen MR) is 112 cm³/mol. The number of halogens is 3. The average Bonchev–Trinajstić information content (AvgIpc) is 3.10. The molecule has 8 heteroatoms. The number of aryl methyl sites for hydroxylation is 2. The van der Waals surface area contributed by atoms with Gasteiger partial charge in [0.05, 0.1) is 5.52 Å². The second kappa shape index (κ2) is 8.02. The van der Waals surface area contributed by atoms with Crippen LogP contribution in [-0.2, 0) is 11.2 Å². The van der Waals surface area contributed by atoms with Crippen LogP contribution < -0.4 is 5.32 Å². The zero-order valence-electron chi connectivity index (χ0n) is 17.1. The highest BCUT2D eigenvalue weighted by Crippen LogP contribution is 2.32. The number of nitrogens with zero attached hydrogens (tertiary/aromatic N) is 3. The molecule has 1 unspecified atom stereocenters. The zero-order chi connectivity index (χ0) is 22.2. The van der Waals surface area contributed by atoms with Crippen molar-refractivity contribution < 1.29 is 18.0 Å². The Bertz CT molecular complexity index is 1250. The average molecular weight is 426 g/mol. The van der Waals surface area contributed by atoms with Crippen LogP contribution in [0.2, 0.25) is 0 Å². The van der Waals surface area contributed by atoms with Gasteiger partial charge in [0.2, 0.25) is 5.91 Å². The summed E-state index contributed by atoms with van der Waals surface area (Å²) in [6.07, 6.45) is -4.41. The lowest BCUT2D eigenvalue weighted by Crippen LogP contribution is -2.38. The van der Waals surface area contributed by atoms with E-state index in [9.17, 15) is 18.0 Å². The SMILES string of the molecule is Cc1nc2c3ccccc3nn2c(C)c1CCC(=O)NC(c1ccccc1)C(F)(F)F. The van der Waals surface area contributed by atoms with Gasteiger partial charge >= 0.3 is 6.18 Å². The molecule has 0 radical (unpaired) electrons. The minimum Gasteiger partial charge on any atom is -0.341 e. The Morgan fingerprint density at radius 2 is 1.74 bits per heavy atom. The minimum absolute atomic E-state index is 0.00188. The largest absolute Gasteiger partial charge is 0.412 e. The van der Waals surface area contributed by atoms with Crippen LogP contribution >= 0.6 is 0 Å². The number of nitrogens with one attached hydrogen (secondary N) is 1. The number of hydrogen-bond acceptors (Lipinski definition) is 3. The van der Waals surface area contributed by atoms with Gasteiger partial charge in [-0.3, -0.25) is 4.79 Å². The maximum atomic E-state index is 13.5. The summed E-state index contributed by atoms with van der Waals surface area (Å²) >= 11 is 0. The molecule has 1 N–H and O–H groups in total. The van der Waals surface area contributed by atoms with Crippen molar-refractivity contribution in [1.82, 2.24) is 19.9 Å². The highest BCUT2D eigenvalue weighted by Gasteiger charge is 2.41. The molecule has 1 atom stereocenters. The summed E-state index contributed by atoms with van der Waals surface area (Å²) < 4.78 is 42.2. The maximum Gasteiger partial charge on any atom is 0.412 e. The second-order valence-corrected chi connectivity index (χ2v) is 7.47. The molecule has 4 aromatic rings. The fourth-order valence-corrected chi connectivity index (χ4v) is 3.81. The number of benzene rings is 2. The van der Waals surface area contributed by atoms with E-state index in [2.05, 4.69) is 15.4 Å². The van der Waals surface area contributed by atoms with E-state index < -0.39 is 18.1 Å². The van der Waals surface area contributed by atoms with E-state index in [4.69, 9.17) is 0 Å². The first-order chi connectivity index (χ1) is 14.8. The molecule has 0 aliphatic rings. The fraction of sp³-hybridized carbons (Fsp3) is 0.261. The van der Waals surface area contributed by atoms with Gasteiger partial charge in [0, 0.05) is 23.2 Å². The maximum absolute atomic E-state index is 13.5. The van der Waals surface area contributed by atoms with Crippen molar-refractivity contribution in [2.24, 2.45) is 0 Å². The molecular weight excluding hydrogens is 405 g/mol. The van der Waals surface area contributed by atoms with Crippen LogP contribution in [0.5, 0.6) is 0 Å². The molecule has 0 aliphatic heterocycles. The first-order valence-corrected chi connectivity index (χ1v) is 9.90. The summed E-state index contributed by atoms with van der Waals surface area (Å²) in [5.41, 5.74) is 3.89. The molecule has 0 saturated carbocycles. The fourth-order valence-electron chi connectivity index (χ4n) is 3.81. The molecule has 2 aromatic heterocycles. The molecule has 0 saturated heterocycles. The molecular formula is C23H21F3N4O. The molecule has 0 aliphatic carbocycles. The van der Waals surface area contributed by atoms with Crippen molar-refractivity contribution in [1.29, 1.82) is 0 Å². The number of hydrogen-bond donors (Lipinski definition) is 1. The molecule has 2 aromatic carbocycles. The third-order valence-electron chi connectivity index (χ3n) is 5.39. The Labute approximate surface area is 176 Å². The van der Waals surface area contributed by atoms with Crippen LogP contribution in [0.15, 0.2) is 54.6 Å². The Hall–Kier alpha value is -3.42. The third-order valence-corrected chi connectivity index (χ3v) is 5.39. The summed E-state index contributed by atoms with van der Waals surface area (Å²) in [6.45, 7) is 3.72. The third kappa shape index (κ3) is 4.10. The highest BCUT2D eigenvalue weighted by atomic mass is 19.4. The van der Waals surface area contributed by atoms with Crippen LogP contribution in [0.1, 0.15) is 35.0 Å². The quantitative estimate of drug-likeness (QED) is 0.496. The van der Waals surface area contributed by atoms with Crippen molar-refractivity contribution in [2.75, 3.05) is 0 Å². The lowest BCUT2D eigenvalue weighted by molar-refractivity contribution is -0.163. The van der Waals surface area contributed by atoms with Crippen molar-refractivity contribution >= 4 is 22.5 Å². The normalized spacial score (nSPS) is 12.9. The van der Waals surface area contributed by atoms with Gasteiger partial charge in [-0.25, -0.2) is 9.50 Å². The lowest BCUT2D eigenvalue weighted by Gasteiger charge is -2.22. The molecule has 0 spiro atoms. The summed E-state index contributed by atoms with van der Waals surface area (Å²) in [6, 6.07) is 13.0. The van der Waals surface area contributed by atoms with E-state index in [0.29, 0.717) is 0 Å². The van der Waals surface area contributed by atoms with Gasteiger partial charge in [-0.05, 0) is 43.5 Å². The Balaban J connectivity index is 1.56. The smallest absolute Gasteiger partial charge is 0.341 e. The minimum atomic E-state index is -4.58. The van der Waals surface area contributed by atoms with Crippen molar-refractivity contribution in [3.05, 3.63) is 77.1 Å². The number of carbonyl (C=O) groups is 1. The van der Waals surface area contributed by atoms with E-state index in [-0.39, 0.29) is 18.4 Å². The number of aromatic nitrogens is 3. The Kier molecular flexibility index (Phi) is 5.39. The first-order valence-electron chi connectivity index (χ1n) is 9.90. The standard InChI is InChI=1S/C23H21F3N4O/c1-14-17(15(2)30-22(27-14)18-10-6-7-11-19(18)29-30)12-13-20(31)28-21(23(24,25)26)16-8-4-3-5-9-16/h3-11,21H,12-13H2,1-2H3,(H,28,31). The van der Waals surface area contributed by atoms with E-state index >= 15 is 0 Å². The van der Waals surface area contributed by atoms with Gasteiger partial charge in [-0.1, -0.05) is 42.5 Å². The molecule has 5 nitrogen and oxygen atoms in total. The number of alkyl halides is 3. The van der Waals surface area contributed by atoms with E-state index in [1.54, 1.807) is 10.6 Å². The molecule has 1 amide bonds. The van der Waals surface area contributed by atoms with E-state index in [1.165, 1.54) is 24.3 Å². The van der Waals surface area contributed by atoms with Crippen LogP contribution in [-0.4, -0.2) is 26.7 Å². The predicted octanol–water partition coefficient (Wildman–Crippen LogP) is 4.85. The highest BCUT2D eigenvalue weighted by molar-refractivity contribution is 5.92. The lowest BCUT2D eigenvalue weighted by atomic mass is 10.0. The van der Waals surface area contributed by atoms with Crippen LogP contribution in [0, 0.1) is 13.8 Å². The van der Waals surface area contributed by atoms with Crippen molar-refractivity contribution in [2.45, 2.75) is 38.9 Å². The molecule has 0 fully saturated rings. The molecule has 160 valence electrons. The monoisotopic (exact) mass is 426 g/mol. The zero-order valence-corrected chi connectivity index (χ0v) is 17.1. The van der Waals surface area contributed by atoms with Gasteiger partial charge in [-0.2, -0.15) is 18.3 Å². The van der Waals surface area contributed by atoms with Gasteiger partial charge < -0.3 is 5.32 Å². The Morgan fingerprint density at radius 1 is 1.06 bits per heavy atom. The van der Waals surface area contributed by atoms with Crippen molar-refractivity contribution in [3.63, 3.8) is 0 Å². The molecule has 31 heavy (non-hydrogen) atoms. The molecule has 4 rings (SSSR count). The number of carbonyl (C=O) groups excluding carboxylic acids is 1. The molecule has 2 heterocycles. The Morgan fingerprint density at radius 3 is 2.45 bits per heavy atom. The van der Waals surface area contributed by atoms with Crippen LogP contribution in [0.4, 0.5) is 13.2 Å². The summed E-state index contributed by atoms with van der Waals surface area (Å²) in [4.78, 5) is 17.1. The summed E-state index contributed by atoms with van der Waals surface area (Å²) in [5, 5.41) is 7.63. The topological polar surface area (TPSA) is 59.3 Å². The van der Waals surface area contributed by atoms with Gasteiger partial charge in [-0.15, -0.1) is 0 Å². The number of fused-ring (bicyclic) bond motifs is 3. The van der Waals surface area contributed by atoms with E-state index in [1.807, 2.05) is 38.1 Å². The van der Waals surface area contributed by atoms with Crippen LogP contribution in [0.3, 0.4) is 0 Å². The van der Waals surface area contributed by atoms with Gasteiger partial charge in [0.1, 0.15) is 0 Å². The number of rotatable bonds is 5. The van der Waals surface area contributed by atoms with Gasteiger partial charge in [0.25, 0.3) is 0 Å². The van der Waals surface area contributed by atoms with Crippen molar-refractivity contribution in [3.8, 4) is 0 Å². The molecule has 0 bridgehead atoms. The van der Waals surface area contributed by atoms with Gasteiger partial charge in [0.15, 0.2) is 11.7 Å². The van der Waals surface area contributed by atoms with E-state index in [0.717, 1.165) is 33.5 Å².